The molecule has 1 aliphatic carbocycles. The Bertz CT molecular complexity index is 449. The van der Waals surface area contributed by atoms with Gasteiger partial charge in [0.25, 0.3) is 0 Å². The maximum absolute atomic E-state index is 11.8. The molecule has 0 saturated carbocycles. The molecule has 0 aliphatic heterocycles. The molecule has 86 valence electrons. The molecule has 0 radical (unpaired) electrons. The molecule has 2 N–H and O–H groups in total. The first kappa shape index (κ1) is 13.2. The quantitative estimate of drug-likeness (QED) is 0.801. The van der Waals surface area contributed by atoms with E-state index in [4.69, 9.17) is 5.73 Å². The number of amides is 1. The van der Waals surface area contributed by atoms with Crippen molar-refractivity contribution in [1.82, 2.24) is 4.98 Å². The van der Waals surface area contributed by atoms with Gasteiger partial charge in [0.2, 0.25) is 0 Å². The van der Waals surface area contributed by atoms with Crippen LogP contribution in [0.25, 0.3) is 5.73 Å². The van der Waals surface area contributed by atoms with Gasteiger partial charge in [-0.15, -0.1) is 0 Å². The van der Waals surface area contributed by atoms with E-state index in [2.05, 4.69) is 4.98 Å². The molecule has 1 aliphatic rings. The number of H-pyrrole nitrogens is 1. The summed E-state index contributed by atoms with van der Waals surface area (Å²) in [6.07, 6.45) is 2.67. The molecule has 1 heterocycles. The van der Waals surface area contributed by atoms with Gasteiger partial charge < -0.3 is 15.5 Å². The van der Waals surface area contributed by atoms with Gasteiger partial charge in [-0.3, -0.25) is 4.79 Å². The summed E-state index contributed by atoms with van der Waals surface area (Å²) in [5.41, 5.74) is 8.45. The Balaban J connectivity index is 0.00000128. The van der Waals surface area contributed by atoms with Crippen molar-refractivity contribution in [3.63, 3.8) is 0 Å². The first-order chi connectivity index (χ1) is 6.91. The van der Waals surface area contributed by atoms with Gasteiger partial charge in [0.15, 0.2) is 5.78 Å². The number of carbonyl (C=O) groups is 2. The fourth-order valence-electron chi connectivity index (χ4n) is 2.17. The second-order valence-electron chi connectivity index (χ2n) is 4.83. The zero-order valence-corrected chi connectivity index (χ0v) is 12.1. The summed E-state index contributed by atoms with van der Waals surface area (Å²) < 4.78 is 0. The monoisotopic (exact) mass is 389 g/mol. The van der Waals surface area contributed by atoms with Crippen LogP contribution in [0.4, 0.5) is 0 Å². The number of ketones is 1. The third-order valence-electron chi connectivity index (χ3n) is 2.78. The Morgan fingerprint density at radius 1 is 1.44 bits per heavy atom. The Morgan fingerprint density at radius 3 is 2.62 bits per heavy atom. The van der Waals surface area contributed by atoms with Crippen LogP contribution in [0.3, 0.4) is 0 Å². The van der Waals surface area contributed by atoms with Crippen molar-refractivity contribution in [2.75, 3.05) is 0 Å². The molecule has 0 unspecified atom stereocenters. The summed E-state index contributed by atoms with van der Waals surface area (Å²) in [5, 5.41) is 0. The molecule has 0 aromatic carbocycles. The number of carbonyl (C=O) groups excluding carboxylic acids is 2. The fourth-order valence-corrected chi connectivity index (χ4v) is 2.17. The molecule has 1 aromatic rings. The predicted molar refractivity (Wildman–Crippen MR) is 55.9 cm³/mol. The van der Waals surface area contributed by atoms with E-state index in [9.17, 15) is 9.59 Å². The predicted octanol–water partition coefficient (Wildman–Crippen LogP) is 2.36. The smallest absolute Gasteiger partial charge is 0.165 e. The minimum atomic E-state index is -0.791. The second kappa shape index (κ2) is 4.17. The number of rotatable bonds is 1. The van der Waals surface area contributed by atoms with Crippen LogP contribution in [-0.4, -0.2) is 16.7 Å². The van der Waals surface area contributed by atoms with E-state index in [-0.39, 0.29) is 37.8 Å². The normalized spacial score (nSPS) is 17.5. The number of Topliss-reactive ketones (excluding diaryl/α,β-unsaturated/α-hetero) is 1. The van der Waals surface area contributed by atoms with Gasteiger partial charge in [0.05, 0.1) is 5.91 Å². The van der Waals surface area contributed by atoms with Crippen LogP contribution < -0.4 is 0 Å². The third kappa shape index (κ3) is 2.12. The van der Waals surface area contributed by atoms with Crippen molar-refractivity contribution in [1.29, 1.82) is 0 Å². The van der Waals surface area contributed by atoms with E-state index in [0.29, 0.717) is 12.0 Å². The summed E-state index contributed by atoms with van der Waals surface area (Å²) in [6.45, 7) is 4.05. The maximum atomic E-state index is 11.8. The van der Waals surface area contributed by atoms with E-state index in [1.54, 1.807) is 0 Å². The van der Waals surface area contributed by atoms with Gasteiger partial charge in [-0.25, -0.2) is 0 Å². The molecule has 0 bridgehead atoms. The molecule has 1 amide bonds. The molecule has 1 aromatic heterocycles. The van der Waals surface area contributed by atoms with E-state index in [0.717, 1.165) is 12.1 Å². The number of aromatic nitrogens is 1. The van der Waals surface area contributed by atoms with Crippen molar-refractivity contribution >= 4 is 11.7 Å². The zero-order valence-electron chi connectivity index (χ0n) is 9.22. The summed E-state index contributed by atoms with van der Waals surface area (Å²) in [5.74, 6) is -0.821. The topological polar surface area (TPSA) is 73.7 Å². The summed E-state index contributed by atoms with van der Waals surface area (Å²) in [6, 6.07) is 0. The summed E-state index contributed by atoms with van der Waals surface area (Å²) in [4.78, 5) is 25.7. The SMILES string of the molecule is CC1(C)CC(=O)c2c(C([NH-])=O)c[nH]c2C1.[W]. The average molecular weight is 389 g/mol. The molecule has 0 spiro atoms. The van der Waals surface area contributed by atoms with Crippen molar-refractivity contribution in [2.45, 2.75) is 26.7 Å². The van der Waals surface area contributed by atoms with Gasteiger partial charge in [0.1, 0.15) is 0 Å². The second-order valence-corrected chi connectivity index (χ2v) is 4.83. The minimum Gasteiger partial charge on any atom is -0.663 e. The molecule has 0 saturated heterocycles. The Morgan fingerprint density at radius 2 is 2.06 bits per heavy atom. The number of nitrogens with one attached hydrogen (secondary N) is 2. The Hall–Kier alpha value is -0.892. The molecular formula is C11H13N2O2W-. The number of fused-ring (bicyclic) bond motifs is 1. The Labute approximate surface area is 108 Å². The van der Waals surface area contributed by atoms with Crippen LogP contribution >= 0.6 is 0 Å². The van der Waals surface area contributed by atoms with E-state index in [1.165, 1.54) is 6.20 Å². The molecule has 5 heteroatoms. The molecule has 2 rings (SSSR count). The van der Waals surface area contributed by atoms with E-state index < -0.39 is 5.91 Å². The van der Waals surface area contributed by atoms with Gasteiger partial charge in [0, 0.05) is 50.5 Å². The van der Waals surface area contributed by atoms with Gasteiger partial charge in [-0.2, -0.15) is 0 Å². The molecule has 16 heavy (non-hydrogen) atoms. The van der Waals surface area contributed by atoms with Crippen LogP contribution in [0.5, 0.6) is 0 Å². The number of hydrogen-bond donors (Lipinski definition) is 1. The van der Waals surface area contributed by atoms with Crippen molar-refractivity contribution < 1.29 is 30.7 Å². The largest absolute Gasteiger partial charge is 0.663 e. The third-order valence-corrected chi connectivity index (χ3v) is 2.78. The standard InChI is InChI=1S/C11H14N2O2.W/c1-11(2)3-7-9(8(14)4-11)6(5-13-7)10(12)15;/h5H,3-4H2,1-2H3,(H3,12,13,14,15);/p-1. The van der Waals surface area contributed by atoms with Crippen LogP contribution in [0.15, 0.2) is 6.20 Å². The van der Waals surface area contributed by atoms with Crippen LogP contribution in [0, 0.1) is 5.41 Å². The molecule has 4 nitrogen and oxygen atoms in total. The number of aromatic amines is 1. The molecular weight excluding hydrogens is 376 g/mol. The molecule has 0 atom stereocenters. The first-order valence-corrected chi connectivity index (χ1v) is 4.90. The van der Waals surface area contributed by atoms with Crippen molar-refractivity contribution in [3.8, 4) is 0 Å². The van der Waals surface area contributed by atoms with Gasteiger partial charge in [-0.05, 0) is 11.8 Å². The summed E-state index contributed by atoms with van der Waals surface area (Å²) >= 11 is 0. The maximum Gasteiger partial charge on any atom is 0.165 e. The van der Waals surface area contributed by atoms with Crippen LogP contribution in [0.1, 0.15) is 46.7 Å². The van der Waals surface area contributed by atoms with Gasteiger partial charge in [-0.1, -0.05) is 13.8 Å². The Kier molecular flexibility index (Phi) is 3.43. The van der Waals surface area contributed by atoms with Crippen molar-refractivity contribution in [2.24, 2.45) is 5.41 Å². The zero-order chi connectivity index (χ0) is 11.2. The van der Waals surface area contributed by atoms with Crippen molar-refractivity contribution in [3.05, 3.63) is 28.8 Å². The van der Waals surface area contributed by atoms with Crippen LogP contribution in [0.2, 0.25) is 0 Å². The first-order valence-electron chi connectivity index (χ1n) is 4.90. The van der Waals surface area contributed by atoms with Gasteiger partial charge >= 0.3 is 0 Å². The number of hydrogen-bond acceptors (Lipinski definition) is 2. The van der Waals surface area contributed by atoms with Crippen LogP contribution in [-0.2, 0) is 27.5 Å². The molecule has 0 fully saturated rings. The van der Waals surface area contributed by atoms with E-state index in [1.807, 2.05) is 13.8 Å². The summed E-state index contributed by atoms with van der Waals surface area (Å²) in [7, 11) is 0. The average Bonchev–Trinajstić information content (AvgIpc) is 2.45. The fraction of sp³-hybridized carbons (Fsp3) is 0.455. The van der Waals surface area contributed by atoms with E-state index >= 15 is 0 Å². The minimum absolute atomic E-state index is 0.